The van der Waals surface area contributed by atoms with Crippen molar-refractivity contribution in [2.24, 2.45) is 0 Å². The fourth-order valence-corrected chi connectivity index (χ4v) is 3.71. The number of hydrogen-bond donors (Lipinski definition) is 1. The Bertz CT molecular complexity index is 1280. The van der Waals surface area contributed by atoms with E-state index in [1.165, 1.54) is 36.3 Å². The molecule has 0 radical (unpaired) electrons. The Kier molecular flexibility index (Phi) is 5.61. The van der Waals surface area contributed by atoms with E-state index in [-0.39, 0.29) is 22.5 Å². The Hall–Kier alpha value is -3.48. The number of nitrogens with zero attached hydrogens (tertiary/aromatic N) is 5. The molecule has 30 heavy (non-hydrogen) atoms. The highest BCUT2D eigenvalue weighted by atomic mass is 35.5. The molecule has 1 amide bonds. The van der Waals surface area contributed by atoms with Crippen molar-refractivity contribution in [1.82, 2.24) is 19.7 Å². The first kappa shape index (κ1) is 19.8. The number of anilines is 1. The van der Waals surface area contributed by atoms with Gasteiger partial charge in [0.25, 0.3) is 0 Å². The number of nitriles is 1. The Labute approximate surface area is 179 Å². The second-order valence-electron chi connectivity index (χ2n) is 6.09. The van der Waals surface area contributed by atoms with Crippen LogP contribution in [0.15, 0.2) is 60.0 Å². The van der Waals surface area contributed by atoms with E-state index in [4.69, 9.17) is 16.9 Å². The van der Waals surface area contributed by atoms with Crippen LogP contribution in [0.1, 0.15) is 5.56 Å². The Morgan fingerprint density at radius 3 is 2.77 bits per heavy atom. The van der Waals surface area contributed by atoms with Crippen LogP contribution in [-0.2, 0) is 4.79 Å². The molecule has 4 aromatic rings. The summed E-state index contributed by atoms with van der Waals surface area (Å²) in [5.74, 6) is -0.486. The summed E-state index contributed by atoms with van der Waals surface area (Å²) in [4.78, 5) is 20.8. The average Bonchev–Trinajstić information content (AvgIpc) is 3.18. The fourth-order valence-electron chi connectivity index (χ4n) is 2.72. The third-order valence-corrected chi connectivity index (χ3v) is 5.43. The molecule has 0 bridgehead atoms. The SMILES string of the molecule is N#Cc1ccc(NC(=O)CSc2ncnc3c2cnn3-c2ccc(F)cc2)cc1Cl. The predicted molar refractivity (Wildman–Crippen MR) is 112 cm³/mol. The van der Waals surface area contributed by atoms with Crippen molar-refractivity contribution < 1.29 is 9.18 Å². The van der Waals surface area contributed by atoms with Gasteiger partial charge < -0.3 is 5.32 Å². The summed E-state index contributed by atoms with van der Waals surface area (Å²) in [7, 11) is 0. The van der Waals surface area contributed by atoms with Crippen molar-refractivity contribution in [2.75, 3.05) is 11.1 Å². The molecular weight excluding hydrogens is 427 g/mol. The van der Waals surface area contributed by atoms with Crippen LogP contribution in [0.5, 0.6) is 0 Å². The van der Waals surface area contributed by atoms with Crippen molar-refractivity contribution in [3.63, 3.8) is 0 Å². The molecule has 0 atom stereocenters. The number of fused-ring (bicyclic) bond motifs is 1. The van der Waals surface area contributed by atoms with Gasteiger partial charge in [-0.2, -0.15) is 10.4 Å². The molecule has 0 unspecified atom stereocenters. The molecule has 0 spiro atoms. The van der Waals surface area contributed by atoms with E-state index < -0.39 is 0 Å². The lowest BCUT2D eigenvalue weighted by molar-refractivity contribution is -0.113. The first-order valence-electron chi connectivity index (χ1n) is 8.62. The number of thioether (sulfide) groups is 1. The van der Waals surface area contributed by atoms with Gasteiger partial charge in [0.1, 0.15) is 23.2 Å². The van der Waals surface area contributed by atoms with Gasteiger partial charge in [-0.15, -0.1) is 0 Å². The van der Waals surface area contributed by atoms with Gasteiger partial charge in [0.2, 0.25) is 5.91 Å². The summed E-state index contributed by atoms with van der Waals surface area (Å²) < 4.78 is 14.8. The summed E-state index contributed by atoms with van der Waals surface area (Å²) in [6, 6.07) is 12.6. The highest BCUT2D eigenvalue weighted by Crippen LogP contribution is 2.26. The smallest absolute Gasteiger partial charge is 0.234 e. The summed E-state index contributed by atoms with van der Waals surface area (Å²) >= 11 is 7.23. The number of halogens is 2. The monoisotopic (exact) mass is 438 g/mol. The average molecular weight is 439 g/mol. The lowest BCUT2D eigenvalue weighted by atomic mass is 10.2. The summed E-state index contributed by atoms with van der Waals surface area (Å²) in [5, 5.41) is 17.5. The normalized spacial score (nSPS) is 10.7. The molecule has 0 aliphatic carbocycles. The summed E-state index contributed by atoms with van der Waals surface area (Å²) in [6.45, 7) is 0. The van der Waals surface area contributed by atoms with Crippen LogP contribution in [-0.4, -0.2) is 31.4 Å². The number of benzene rings is 2. The van der Waals surface area contributed by atoms with Gasteiger partial charge >= 0.3 is 0 Å². The van der Waals surface area contributed by atoms with E-state index in [2.05, 4.69) is 20.4 Å². The number of carbonyl (C=O) groups is 1. The van der Waals surface area contributed by atoms with E-state index in [0.717, 1.165) is 0 Å². The van der Waals surface area contributed by atoms with Gasteiger partial charge in [0, 0.05) is 5.69 Å². The number of hydrogen-bond acceptors (Lipinski definition) is 6. The van der Waals surface area contributed by atoms with Gasteiger partial charge in [0.15, 0.2) is 5.65 Å². The van der Waals surface area contributed by atoms with Gasteiger partial charge in [-0.1, -0.05) is 23.4 Å². The number of rotatable bonds is 5. The zero-order valence-corrected chi connectivity index (χ0v) is 16.8. The van der Waals surface area contributed by atoms with Crippen molar-refractivity contribution in [2.45, 2.75) is 5.03 Å². The van der Waals surface area contributed by atoms with E-state index in [1.54, 1.807) is 35.1 Å². The number of amides is 1. The lowest BCUT2D eigenvalue weighted by Gasteiger charge is -2.07. The molecule has 148 valence electrons. The first-order chi connectivity index (χ1) is 14.5. The molecule has 10 heteroatoms. The van der Waals surface area contributed by atoms with Crippen LogP contribution >= 0.6 is 23.4 Å². The standard InChI is InChI=1S/C20H12ClFN6OS/c21-17-7-14(4-1-12(17)8-23)27-18(29)10-30-20-16-9-26-28(19(16)24-11-25-20)15-5-2-13(22)3-6-15/h1-7,9,11H,10H2,(H,27,29). The number of carbonyl (C=O) groups excluding carboxylic acids is 1. The van der Waals surface area contributed by atoms with Crippen molar-refractivity contribution >= 4 is 46.0 Å². The van der Waals surface area contributed by atoms with Crippen LogP contribution < -0.4 is 5.32 Å². The Balaban J connectivity index is 1.49. The van der Waals surface area contributed by atoms with Crippen LogP contribution in [0.4, 0.5) is 10.1 Å². The maximum Gasteiger partial charge on any atom is 0.234 e. The molecule has 4 rings (SSSR count). The quantitative estimate of drug-likeness (QED) is 0.370. The van der Waals surface area contributed by atoms with Crippen LogP contribution in [0.25, 0.3) is 16.7 Å². The number of aromatic nitrogens is 4. The maximum absolute atomic E-state index is 13.2. The molecule has 2 aromatic carbocycles. The van der Waals surface area contributed by atoms with Gasteiger partial charge in [-0.25, -0.2) is 19.0 Å². The lowest BCUT2D eigenvalue weighted by Crippen LogP contribution is -2.14. The minimum atomic E-state index is -0.337. The Morgan fingerprint density at radius 2 is 2.03 bits per heavy atom. The van der Waals surface area contributed by atoms with E-state index in [9.17, 15) is 9.18 Å². The topological polar surface area (TPSA) is 96.5 Å². The summed E-state index contributed by atoms with van der Waals surface area (Å²) in [6.07, 6.45) is 3.00. The highest BCUT2D eigenvalue weighted by Gasteiger charge is 2.13. The van der Waals surface area contributed by atoms with E-state index in [0.29, 0.717) is 33.0 Å². The molecule has 2 heterocycles. The van der Waals surface area contributed by atoms with E-state index in [1.807, 2.05) is 6.07 Å². The molecule has 0 fully saturated rings. The fraction of sp³-hybridized carbons (Fsp3) is 0.0500. The second kappa shape index (κ2) is 8.49. The molecule has 1 N–H and O–H groups in total. The largest absolute Gasteiger partial charge is 0.325 e. The van der Waals surface area contributed by atoms with Crippen LogP contribution in [0.3, 0.4) is 0 Å². The highest BCUT2D eigenvalue weighted by molar-refractivity contribution is 8.00. The first-order valence-corrected chi connectivity index (χ1v) is 9.98. The number of nitrogens with one attached hydrogen (secondary N) is 1. The minimum Gasteiger partial charge on any atom is -0.325 e. The van der Waals surface area contributed by atoms with Crippen molar-refractivity contribution in [3.05, 3.63) is 71.4 Å². The maximum atomic E-state index is 13.2. The molecule has 0 aliphatic rings. The Morgan fingerprint density at radius 1 is 1.23 bits per heavy atom. The third-order valence-electron chi connectivity index (χ3n) is 4.11. The molecule has 2 aromatic heterocycles. The second-order valence-corrected chi connectivity index (χ2v) is 7.46. The zero-order chi connectivity index (χ0) is 21.1. The summed E-state index contributed by atoms with van der Waals surface area (Å²) in [5.41, 5.74) is 2.06. The molecule has 0 saturated heterocycles. The minimum absolute atomic E-state index is 0.103. The molecule has 7 nitrogen and oxygen atoms in total. The predicted octanol–water partition coefficient (Wildman–Crippen LogP) is 4.21. The zero-order valence-electron chi connectivity index (χ0n) is 15.2. The van der Waals surface area contributed by atoms with Crippen LogP contribution in [0, 0.1) is 17.1 Å². The van der Waals surface area contributed by atoms with Crippen molar-refractivity contribution in [3.8, 4) is 11.8 Å². The van der Waals surface area contributed by atoms with Crippen molar-refractivity contribution in [1.29, 1.82) is 5.26 Å². The molecule has 0 aliphatic heterocycles. The van der Waals surface area contributed by atoms with Gasteiger partial charge in [-0.3, -0.25) is 4.79 Å². The third kappa shape index (κ3) is 4.10. The van der Waals surface area contributed by atoms with E-state index >= 15 is 0 Å². The molecule has 0 saturated carbocycles. The van der Waals surface area contributed by atoms with Crippen LogP contribution in [0.2, 0.25) is 5.02 Å². The molecular formula is C20H12ClFN6OS. The van der Waals surface area contributed by atoms with Gasteiger partial charge in [0.05, 0.1) is 33.6 Å². The van der Waals surface area contributed by atoms with Gasteiger partial charge in [-0.05, 0) is 42.5 Å².